The summed E-state index contributed by atoms with van der Waals surface area (Å²) in [7, 11) is 1.89. The molecule has 0 fully saturated rings. The Morgan fingerprint density at radius 2 is 1.94 bits per heavy atom. The van der Waals surface area contributed by atoms with Crippen molar-refractivity contribution in [3.05, 3.63) is 46.2 Å². The quantitative estimate of drug-likeness (QED) is 0.793. The van der Waals surface area contributed by atoms with Crippen LogP contribution >= 0.6 is 22.6 Å². The minimum absolute atomic E-state index is 0.241. The molecule has 0 atom stereocenters. The molecule has 1 heterocycles. The van der Waals surface area contributed by atoms with Gasteiger partial charge in [0.05, 0.1) is 3.57 Å². The van der Waals surface area contributed by atoms with Crippen molar-refractivity contribution in [3.63, 3.8) is 0 Å². The highest BCUT2D eigenvalue weighted by molar-refractivity contribution is 14.1. The van der Waals surface area contributed by atoms with E-state index in [0.29, 0.717) is 0 Å². The first-order valence-corrected chi connectivity index (χ1v) is 5.71. The zero-order valence-corrected chi connectivity index (χ0v) is 10.7. The molecule has 0 radical (unpaired) electrons. The fraction of sp³-hybridized carbons (Fsp3) is 0.0909. The van der Waals surface area contributed by atoms with Gasteiger partial charge in [-0.05, 0) is 46.9 Å². The SMILES string of the molecule is CN(c1ccc(F)cc1)c1ncncc1I. The van der Waals surface area contributed by atoms with Crippen molar-refractivity contribution in [1.29, 1.82) is 0 Å². The van der Waals surface area contributed by atoms with Crippen molar-refractivity contribution in [2.75, 3.05) is 11.9 Å². The average Bonchev–Trinajstić information content (AvgIpc) is 2.30. The van der Waals surface area contributed by atoms with Crippen LogP contribution in [0.25, 0.3) is 0 Å². The van der Waals surface area contributed by atoms with E-state index in [-0.39, 0.29) is 5.82 Å². The maximum absolute atomic E-state index is 12.8. The van der Waals surface area contributed by atoms with Crippen molar-refractivity contribution in [3.8, 4) is 0 Å². The zero-order valence-electron chi connectivity index (χ0n) is 8.56. The van der Waals surface area contributed by atoms with Crippen molar-refractivity contribution in [1.82, 2.24) is 9.97 Å². The number of rotatable bonds is 2. The molecule has 0 spiro atoms. The lowest BCUT2D eigenvalue weighted by atomic mass is 10.3. The Balaban J connectivity index is 2.35. The molecule has 2 rings (SSSR count). The van der Waals surface area contributed by atoms with E-state index in [2.05, 4.69) is 32.6 Å². The first kappa shape index (κ1) is 11.3. The second-order valence-corrected chi connectivity index (χ2v) is 4.39. The molecule has 0 N–H and O–H groups in total. The molecule has 0 unspecified atom stereocenters. The lowest BCUT2D eigenvalue weighted by Gasteiger charge is -2.18. The minimum atomic E-state index is -0.241. The summed E-state index contributed by atoms with van der Waals surface area (Å²) in [4.78, 5) is 10.0. The fourth-order valence-electron chi connectivity index (χ4n) is 1.34. The molecule has 5 heteroatoms. The Kier molecular flexibility index (Phi) is 3.33. The largest absolute Gasteiger partial charge is 0.328 e. The van der Waals surface area contributed by atoms with Crippen molar-refractivity contribution in [2.24, 2.45) is 0 Å². The van der Waals surface area contributed by atoms with Gasteiger partial charge in [0.15, 0.2) is 0 Å². The van der Waals surface area contributed by atoms with Gasteiger partial charge in [0.2, 0.25) is 0 Å². The van der Waals surface area contributed by atoms with Gasteiger partial charge in [-0.15, -0.1) is 0 Å². The molecule has 0 aliphatic carbocycles. The van der Waals surface area contributed by atoms with Crippen molar-refractivity contribution in [2.45, 2.75) is 0 Å². The van der Waals surface area contributed by atoms with Crippen LogP contribution in [0, 0.1) is 9.39 Å². The predicted molar refractivity (Wildman–Crippen MR) is 69.2 cm³/mol. The molecule has 0 saturated carbocycles. The van der Waals surface area contributed by atoms with E-state index in [1.165, 1.54) is 18.5 Å². The van der Waals surface area contributed by atoms with Crippen LogP contribution in [-0.4, -0.2) is 17.0 Å². The summed E-state index contributed by atoms with van der Waals surface area (Å²) in [6, 6.07) is 6.29. The predicted octanol–water partition coefficient (Wildman–Crippen LogP) is 2.99. The van der Waals surface area contributed by atoms with Gasteiger partial charge < -0.3 is 4.90 Å². The number of anilines is 2. The summed E-state index contributed by atoms with van der Waals surface area (Å²) < 4.78 is 13.7. The van der Waals surface area contributed by atoms with E-state index in [9.17, 15) is 4.39 Å². The summed E-state index contributed by atoms with van der Waals surface area (Å²) in [5, 5.41) is 0. The van der Waals surface area contributed by atoms with Crippen LogP contribution in [0.2, 0.25) is 0 Å². The molecule has 1 aromatic carbocycles. The van der Waals surface area contributed by atoms with Crippen LogP contribution in [0.1, 0.15) is 0 Å². The first-order chi connectivity index (χ1) is 7.68. The number of aromatic nitrogens is 2. The normalized spacial score (nSPS) is 10.2. The highest BCUT2D eigenvalue weighted by atomic mass is 127. The molecule has 0 amide bonds. The van der Waals surface area contributed by atoms with Gasteiger partial charge in [-0.1, -0.05) is 0 Å². The second kappa shape index (κ2) is 4.73. The topological polar surface area (TPSA) is 29.0 Å². The van der Waals surface area contributed by atoms with Gasteiger partial charge in [-0.3, -0.25) is 0 Å². The van der Waals surface area contributed by atoms with Gasteiger partial charge >= 0.3 is 0 Å². The van der Waals surface area contributed by atoms with Crippen molar-refractivity contribution >= 4 is 34.1 Å². The van der Waals surface area contributed by atoms with E-state index in [0.717, 1.165) is 15.1 Å². The molecule has 3 nitrogen and oxygen atoms in total. The first-order valence-electron chi connectivity index (χ1n) is 4.63. The summed E-state index contributed by atoms with van der Waals surface area (Å²) >= 11 is 2.17. The summed E-state index contributed by atoms with van der Waals surface area (Å²) in [5.41, 5.74) is 0.887. The highest BCUT2D eigenvalue weighted by Gasteiger charge is 2.08. The summed E-state index contributed by atoms with van der Waals surface area (Å²) in [6.45, 7) is 0. The fourth-order valence-corrected chi connectivity index (χ4v) is 2.00. The highest BCUT2D eigenvalue weighted by Crippen LogP contribution is 2.25. The lowest BCUT2D eigenvalue weighted by molar-refractivity contribution is 0.628. The molecule has 16 heavy (non-hydrogen) atoms. The number of nitrogens with zero attached hydrogens (tertiary/aromatic N) is 3. The molecule has 1 aromatic heterocycles. The molecule has 0 bridgehead atoms. The van der Waals surface area contributed by atoms with Gasteiger partial charge in [0.1, 0.15) is 18.0 Å². The Morgan fingerprint density at radius 1 is 1.25 bits per heavy atom. The van der Waals surface area contributed by atoms with E-state index in [1.807, 2.05) is 11.9 Å². The van der Waals surface area contributed by atoms with Gasteiger partial charge in [0, 0.05) is 18.9 Å². The lowest BCUT2D eigenvalue weighted by Crippen LogP contribution is -2.12. The zero-order chi connectivity index (χ0) is 11.5. The van der Waals surface area contributed by atoms with E-state index in [1.54, 1.807) is 18.3 Å². The third-order valence-corrected chi connectivity index (χ3v) is 2.94. The van der Waals surface area contributed by atoms with Gasteiger partial charge in [-0.25, -0.2) is 14.4 Å². The standard InChI is InChI=1S/C11H9FIN3/c1-16(9-4-2-8(12)3-5-9)11-10(13)6-14-7-15-11/h2-7H,1H3. The molecular weight excluding hydrogens is 320 g/mol. The van der Waals surface area contributed by atoms with Crippen LogP contribution in [0.15, 0.2) is 36.8 Å². The molecule has 2 aromatic rings. The maximum atomic E-state index is 12.8. The third kappa shape index (κ3) is 2.29. The number of hydrogen-bond acceptors (Lipinski definition) is 3. The number of hydrogen-bond donors (Lipinski definition) is 0. The monoisotopic (exact) mass is 329 g/mol. The van der Waals surface area contributed by atoms with Crippen LogP contribution in [0.5, 0.6) is 0 Å². The van der Waals surface area contributed by atoms with E-state index in [4.69, 9.17) is 0 Å². The Labute approximate surface area is 106 Å². The smallest absolute Gasteiger partial charge is 0.149 e. The minimum Gasteiger partial charge on any atom is -0.328 e. The second-order valence-electron chi connectivity index (χ2n) is 3.23. The third-order valence-electron chi connectivity index (χ3n) is 2.18. The van der Waals surface area contributed by atoms with Crippen LogP contribution in [-0.2, 0) is 0 Å². The van der Waals surface area contributed by atoms with Crippen LogP contribution in [0.3, 0.4) is 0 Å². The summed E-state index contributed by atoms with van der Waals surface area (Å²) in [6.07, 6.45) is 3.24. The molecule has 0 aliphatic rings. The number of benzene rings is 1. The van der Waals surface area contributed by atoms with Crippen LogP contribution < -0.4 is 4.90 Å². The maximum Gasteiger partial charge on any atom is 0.149 e. The Bertz CT molecular complexity index is 487. The van der Waals surface area contributed by atoms with Gasteiger partial charge in [-0.2, -0.15) is 0 Å². The molecular formula is C11H9FIN3. The Hall–Kier alpha value is -1.24. The van der Waals surface area contributed by atoms with Crippen LogP contribution in [0.4, 0.5) is 15.9 Å². The van der Waals surface area contributed by atoms with E-state index < -0.39 is 0 Å². The molecule has 0 aliphatic heterocycles. The Morgan fingerprint density at radius 3 is 2.56 bits per heavy atom. The molecule has 82 valence electrons. The average molecular weight is 329 g/mol. The van der Waals surface area contributed by atoms with Gasteiger partial charge in [0.25, 0.3) is 0 Å². The van der Waals surface area contributed by atoms with E-state index >= 15 is 0 Å². The molecule has 0 saturated heterocycles. The number of halogens is 2. The summed E-state index contributed by atoms with van der Waals surface area (Å²) in [5.74, 6) is 0.566. The van der Waals surface area contributed by atoms with Crippen molar-refractivity contribution < 1.29 is 4.39 Å².